The van der Waals surface area contributed by atoms with E-state index in [1.54, 1.807) is 18.2 Å². The molecule has 1 aromatic carbocycles. The van der Waals surface area contributed by atoms with Crippen LogP contribution in [0.2, 0.25) is 0 Å². The standard InChI is InChI=1S/C10H11NO5S/c12-8-11(6-7-16-9-13)17(14,15)10-4-2-1-3-5-10/h1-5,8-9H,6-7H2. The van der Waals surface area contributed by atoms with Crippen molar-refractivity contribution in [2.45, 2.75) is 4.90 Å². The second-order valence-electron chi connectivity index (χ2n) is 3.00. The number of carbonyl (C=O) groups is 2. The zero-order valence-corrected chi connectivity index (χ0v) is 9.67. The number of hydrogen-bond acceptors (Lipinski definition) is 5. The maximum atomic E-state index is 11.9. The first-order valence-corrected chi connectivity index (χ1v) is 6.14. The van der Waals surface area contributed by atoms with Crippen LogP contribution < -0.4 is 0 Å². The molecule has 1 amide bonds. The minimum atomic E-state index is -3.86. The fraction of sp³-hybridized carbons (Fsp3) is 0.200. The molecule has 0 heterocycles. The molecule has 1 rings (SSSR count). The van der Waals surface area contributed by atoms with Crippen LogP contribution in [0, 0.1) is 0 Å². The minimum Gasteiger partial charge on any atom is -0.466 e. The molecular formula is C10H11NO5S. The van der Waals surface area contributed by atoms with Gasteiger partial charge in [-0.05, 0) is 12.1 Å². The molecule has 0 aromatic heterocycles. The van der Waals surface area contributed by atoms with Crippen LogP contribution in [-0.4, -0.2) is 38.8 Å². The van der Waals surface area contributed by atoms with Crippen LogP contribution >= 0.6 is 0 Å². The molecule has 0 aliphatic rings. The van der Waals surface area contributed by atoms with Crippen molar-refractivity contribution in [3.05, 3.63) is 30.3 Å². The summed E-state index contributed by atoms with van der Waals surface area (Å²) in [5, 5.41) is 0. The largest absolute Gasteiger partial charge is 0.466 e. The third-order valence-electron chi connectivity index (χ3n) is 1.96. The van der Waals surface area contributed by atoms with Crippen molar-refractivity contribution in [2.75, 3.05) is 13.2 Å². The first kappa shape index (κ1) is 13.2. The average molecular weight is 257 g/mol. The van der Waals surface area contributed by atoms with Gasteiger partial charge in [0.15, 0.2) is 0 Å². The lowest BCUT2D eigenvalue weighted by Crippen LogP contribution is -2.32. The summed E-state index contributed by atoms with van der Waals surface area (Å²) in [6, 6.07) is 7.54. The zero-order chi connectivity index (χ0) is 12.7. The van der Waals surface area contributed by atoms with E-state index in [4.69, 9.17) is 0 Å². The smallest absolute Gasteiger partial charge is 0.293 e. The van der Waals surface area contributed by atoms with Crippen LogP contribution in [0.15, 0.2) is 35.2 Å². The number of rotatable bonds is 7. The Morgan fingerprint density at radius 1 is 1.18 bits per heavy atom. The second kappa shape index (κ2) is 6.00. The Bertz CT molecular complexity index is 471. The summed E-state index contributed by atoms with van der Waals surface area (Å²) in [5.41, 5.74) is 0. The topological polar surface area (TPSA) is 80.8 Å². The van der Waals surface area contributed by atoms with E-state index in [2.05, 4.69) is 4.74 Å². The lowest BCUT2D eigenvalue weighted by Gasteiger charge is -2.16. The first-order chi connectivity index (χ1) is 8.12. The molecule has 0 unspecified atom stereocenters. The van der Waals surface area contributed by atoms with Crippen molar-refractivity contribution in [3.63, 3.8) is 0 Å². The van der Waals surface area contributed by atoms with E-state index >= 15 is 0 Å². The van der Waals surface area contributed by atoms with Crippen LogP contribution in [-0.2, 0) is 24.3 Å². The Hall–Kier alpha value is -1.89. The van der Waals surface area contributed by atoms with Gasteiger partial charge in [-0.25, -0.2) is 12.7 Å². The van der Waals surface area contributed by atoms with Crippen molar-refractivity contribution in [2.24, 2.45) is 0 Å². The van der Waals surface area contributed by atoms with Gasteiger partial charge in [-0.2, -0.15) is 0 Å². The van der Waals surface area contributed by atoms with Gasteiger partial charge in [-0.3, -0.25) is 9.59 Å². The van der Waals surface area contributed by atoms with Crippen molar-refractivity contribution in [3.8, 4) is 0 Å². The Balaban J connectivity index is 2.87. The monoisotopic (exact) mass is 257 g/mol. The van der Waals surface area contributed by atoms with Crippen molar-refractivity contribution >= 4 is 22.9 Å². The Labute approximate surface area is 98.8 Å². The van der Waals surface area contributed by atoms with Crippen LogP contribution in [0.3, 0.4) is 0 Å². The van der Waals surface area contributed by atoms with Crippen LogP contribution in [0.25, 0.3) is 0 Å². The van der Waals surface area contributed by atoms with Crippen molar-refractivity contribution in [1.29, 1.82) is 0 Å². The normalized spacial score (nSPS) is 10.6. The number of hydrogen-bond donors (Lipinski definition) is 0. The van der Waals surface area contributed by atoms with E-state index in [0.717, 1.165) is 0 Å². The minimum absolute atomic E-state index is 0.0122. The van der Waals surface area contributed by atoms with Gasteiger partial charge in [-0.15, -0.1) is 0 Å². The highest BCUT2D eigenvalue weighted by Gasteiger charge is 2.22. The van der Waals surface area contributed by atoms with Crippen molar-refractivity contribution < 1.29 is 22.7 Å². The molecule has 0 bridgehead atoms. The molecule has 0 spiro atoms. The Morgan fingerprint density at radius 2 is 1.82 bits per heavy atom. The van der Waals surface area contributed by atoms with Gasteiger partial charge in [0.25, 0.3) is 16.5 Å². The zero-order valence-electron chi connectivity index (χ0n) is 8.85. The van der Waals surface area contributed by atoms with E-state index < -0.39 is 10.0 Å². The van der Waals surface area contributed by atoms with Gasteiger partial charge in [0.2, 0.25) is 6.41 Å². The van der Waals surface area contributed by atoms with E-state index in [1.165, 1.54) is 12.1 Å². The van der Waals surface area contributed by atoms with E-state index in [-0.39, 0.29) is 30.9 Å². The molecule has 0 aliphatic heterocycles. The maximum absolute atomic E-state index is 11.9. The number of nitrogens with zero attached hydrogens (tertiary/aromatic N) is 1. The van der Waals surface area contributed by atoms with Gasteiger partial charge >= 0.3 is 0 Å². The highest BCUT2D eigenvalue weighted by molar-refractivity contribution is 7.89. The Morgan fingerprint density at radius 3 is 2.35 bits per heavy atom. The second-order valence-corrected chi connectivity index (χ2v) is 4.89. The lowest BCUT2D eigenvalue weighted by atomic mass is 10.4. The number of ether oxygens (including phenoxy) is 1. The molecule has 7 heteroatoms. The molecule has 0 radical (unpaired) electrons. The maximum Gasteiger partial charge on any atom is 0.293 e. The van der Waals surface area contributed by atoms with Gasteiger partial charge in [-0.1, -0.05) is 18.2 Å². The van der Waals surface area contributed by atoms with Crippen LogP contribution in [0.1, 0.15) is 0 Å². The molecule has 0 fully saturated rings. The molecule has 6 nitrogen and oxygen atoms in total. The third kappa shape index (κ3) is 3.28. The quantitative estimate of drug-likeness (QED) is 0.507. The molecule has 17 heavy (non-hydrogen) atoms. The predicted octanol–water partition coefficient (Wildman–Crippen LogP) is 0.00670. The summed E-state index contributed by atoms with van der Waals surface area (Å²) in [6.07, 6.45) is 0.191. The highest BCUT2D eigenvalue weighted by Crippen LogP contribution is 2.13. The highest BCUT2D eigenvalue weighted by atomic mass is 32.2. The van der Waals surface area contributed by atoms with Gasteiger partial charge in [0, 0.05) is 0 Å². The lowest BCUT2D eigenvalue weighted by molar-refractivity contribution is -0.129. The molecule has 0 N–H and O–H groups in total. The average Bonchev–Trinajstić information content (AvgIpc) is 2.35. The van der Waals surface area contributed by atoms with Crippen LogP contribution in [0.5, 0.6) is 0 Å². The summed E-state index contributed by atoms with van der Waals surface area (Å²) in [4.78, 5) is 20.7. The number of amides is 1. The SMILES string of the molecule is O=COCCN(C=O)S(=O)(=O)c1ccccc1. The van der Waals surface area contributed by atoms with E-state index in [9.17, 15) is 18.0 Å². The molecule has 0 aliphatic carbocycles. The first-order valence-electron chi connectivity index (χ1n) is 4.70. The summed E-state index contributed by atoms with van der Waals surface area (Å²) in [5.74, 6) is 0. The molecular weight excluding hydrogens is 246 g/mol. The summed E-state index contributed by atoms with van der Waals surface area (Å²) in [6.45, 7) is -0.189. The summed E-state index contributed by atoms with van der Waals surface area (Å²) in [7, 11) is -3.86. The van der Waals surface area contributed by atoms with Crippen LogP contribution in [0.4, 0.5) is 0 Å². The molecule has 1 aromatic rings. The molecule has 92 valence electrons. The van der Waals surface area contributed by atoms with E-state index in [0.29, 0.717) is 4.31 Å². The molecule has 0 saturated carbocycles. The number of sulfonamides is 1. The predicted molar refractivity (Wildman–Crippen MR) is 58.4 cm³/mol. The van der Waals surface area contributed by atoms with Gasteiger partial charge in [0.05, 0.1) is 11.4 Å². The van der Waals surface area contributed by atoms with Gasteiger partial charge < -0.3 is 4.74 Å². The molecule has 0 atom stereocenters. The Kier molecular flexibility index (Phi) is 4.65. The number of carbonyl (C=O) groups excluding carboxylic acids is 2. The summed E-state index contributed by atoms with van der Waals surface area (Å²) >= 11 is 0. The van der Waals surface area contributed by atoms with E-state index in [1.807, 2.05) is 0 Å². The number of benzene rings is 1. The van der Waals surface area contributed by atoms with Crippen molar-refractivity contribution in [1.82, 2.24) is 4.31 Å². The van der Waals surface area contributed by atoms with Gasteiger partial charge in [0.1, 0.15) is 6.61 Å². The fourth-order valence-electron chi connectivity index (χ4n) is 1.15. The molecule has 0 saturated heterocycles. The summed E-state index contributed by atoms with van der Waals surface area (Å²) < 4.78 is 28.8. The fourth-order valence-corrected chi connectivity index (χ4v) is 2.35. The third-order valence-corrected chi connectivity index (χ3v) is 3.72.